The molecule has 11 rings (SSSR count). The molecule has 8 aromatic carbocycles. The highest BCUT2D eigenvalue weighted by Crippen LogP contribution is 2.46. The van der Waals surface area contributed by atoms with Gasteiger partial charge in [0.1, 0.15) is 0 Å². The zero-order valence-electron chi connectivity index (χ0n) is 30.3. The molecule has 5 heteroatoms. The Hall–Kier alpha value is -7.63. The first-order chi connectivity index (χ1) is 27.8. The Labute approximate surface area is 323 Å². The van der Waals surface area contributed by atoms with Crippen LogP contribution in [0.25, 0.3) is 100 Å². The van der Waals surface area contributed by atoms with Gasteiger partial charge >= 0.3 is 0 Å². The van der Waals surface area contributed by atoms with E-state index in [1.807, 2.05) is 36.4 Å². The van der Waals surface area contributed by atoms with Gasteiger partial charge in [-0.25, -0.2) is 4.98 Å². The third-order valence-corrected chi connectivity index (χ3v) is 10.8. The van der Waals surface area contributed by atoms with E-state index in [4.69, 9.17) is 15.0 Å². The van der Waals surface area contributed by atoms with Gasteiger partial charge in [-0.05, 0) is 58.7 Å². The van der Waals surface area contributed by atoms with Gasteiger partial charge in [0, 0.05) is 38.4 Å². The molecule has 0 saturated carbocycles. The zero-order valence-corrected chi connectivity index (χ0v) is 30.3. The van der Waals surface area contributed by atoms with Crippen LogP contribution in [0.15, 0.2) is 200 Å². The van der Waals surface area contributed by atoms with E-state index < -0.39 is 0 Å². The molecule has 0 N–H and O–H groups in total. The second-order valence-corrected chi connectivity index (χ2v) is 14.0. The average molecular weight is 716 g/mol. The molecule has 0 spiro atoms. The molecule has 0 fully saturated rings. The van der Waals surface area contributed by atoms with Gasteiger partial charge in [0.15, 0.2) is 11.6 Å². The fourth-order valence-electron chi connectivity index (χ4n) is 8.27. The molecule has 0 bridgehead atoms. The summed E-state index contributed by atoms with van der Waals surface area (Å²) in [5.41, 5.74) is 11.9. The average Bonchev–Trinajstić information content (AvgIpc) is 3.81. The van der Waals surface area contributed by atoms with Crippen molar-refractivity contribution in [1.29, 1.82) is 0 Å². The van der Waals surface area contributed by atoms with Crippen molar-refractivity contribution in [2.75, 3.05) is 0 Å². The van der Waals surface area contributed by atoms with E-state index in [1.165, 1.54) is 27.5 Å². The number of nitrogens with zero attached hydrogens (tertiary/aromatic N) is 5. The SMILES string of the molecule is c1ccc(-c2cccc(-c3cc4c5ccccc5n(-c5nc(-c6ccccc6)nc(-c6ccccc6)n5)c4c4c3c3ccccc3n4-c3ccccc3)c2)cc1. The molecule has 11 aromatic rings. The van der Waals surface area contributed by atoms with Crippen LogP contribution in [0.1, 0.15) is 0 Å². The van der Waals surface area contributed by atoms with E-state index in [1.54, 1.807) is 0 Å². The largest absolute Gasteiger partial charge is 0.307 e. The lowest BCUT2D eigenvalue weighted by Gasteiger charge is -2.15. The second kappa shape index (κ2) is 13.0. The Morgan fingerprint density at radius 2 is 0.821 bits per heavy atom. The lowest BCUT2D eigenvalue weighted by molar-refractivity contribution is 0.953. The van der Waals surface area contributed by atoms with E-state index in [0.717, 1.165) is 55.2 Å². The maximum absolute atomic E-state index is 5.29. The molecule has 0 atom stereocenters. The van der Waals surface area contributed by atoms with Crippen molar-refractivity contribution < 1.29 is 0 Å². The summed E-state index contributed by atoms with van der Waals surface area (Å²) in [5.74, 6) is 1.80. The van der Waals surface area contributed by atoms with Gasteiger partial charge in [0.25, 0.3) is 0 Å². The van der Waals surface area contributed by atoms with Crippen LogP contribution >= 0.6 is 0 Å². The highest BCUT2D eigenvalue weighted by atomic mass is 15.2. The summed E-state index contributed by atoms with van der Waals surface area (Å²) in [7, 11) is 0. The number of fused-ring (bicyclic) bond motifs is 7. The number of benzene rings is 8. The Bertz CT molecular complexity index is 3160. The summed E-state index contributed by atoms with van der Waals surface area (Å²) < 4.78 is 4.68. The Balaban J connectivity index is 1.33. The highest BCUT2D eigenvalue weighted by molar-refractivity contribution is 6.28. The molecule has 0 aliphatic heterocycles. The number of aromatic nitrogens is 5. The van der Waals surface area contributed by atoms with Crippen LogP contribution in [0.3, 0.4) is 0 Å². The first kappa shape index (κ1) is 31.9. The Kier molecular flexibility index (Phi) is 7.42. The van der Waals surface area contributed by atoms with Gasteiger partial charge in [-0.15, -0.1) is 0 Å². The molecule has 0 aliphatic rings. The van der Waals surface area contributed by atoms with E-state index in [9.17, 15) is 0 Å². The van der Waals surface area contributed by atoms with Gasteiger partial charge in [-0.1, -0.05) is 164 Å². The summed E-state index contributed by atoms with van der Waals surface area (Å²) in [4.78, 5) is 15.6. The molecular formula is C51H33N5. The number of hydrogen-bond donors (Lipinski definition) is 0. The van der Waals surface area contributed by atoms with E-state index in [-0.39, 0.29) is 0 Å². The minimum Gasteiger partial charge on any atom is -0.307 e. The van der Waals surface area contributed by atoms with Crippen molar-refractivity contribution >= 4 is 43.6 Å². The minimum absolute atomic E-state index is 0.564. The topological polar surface area (TPSA) is 48.5 Å². The van der Waals surface area contributed by atoms with Crippen LogP contribution < -0.4 is 0 Å². The first-order valence-electron chi connectivity index (χ1n) is 18.9. The van der Waals surface area contributed by atoms with Crippen LogP contribution in [-0.2, 0) is 0 Å². The molecular weight excluding hydrogens is 683 g/mol. The summed E-state index contributed by atoms with van der Waals surface area (Å²) in [6.07, 6.45) is 0. The minimum atomic E-state index is 0.564. The number of hydrogen-bond acceptors (Lipinski definition) is 3. The molecule has 56 heavy (non-hydrogen) atoms. The molecule has 3 heterocycles. The molecule has 0 saturated heterocycles. The summed E-state index contributed by atoms with van der Waals surface area (Å²) in [6, 6.07) is 70.4. The fraction of sp³-hybridized carbons (Fsp3) is 0. The Morgan fingerprint density at radius 3 is 1.46 bits per heavy atom. The van der Waals surface area contributed by atoms with Crippen LogP contribution in [0.5, 0.6) is 0 Å². The fourth-order valence-corrected chi connectivity index (χ4v) is 8.27. The molecule has 5 nitrogen and oxygen atoms in total. The van der Waals surface area contributed by atoms with Crippen molar-refractivity contribution in [2.45, 2.75) is 0 Å². The molecule has 0 radical (unpaired) electrons. The van der Waals surface area contributed by atoms with Gasteiger partial charge in [-0.2, -0.15) is 9.97 Å². The number of para-hydroxylation sites is 3. The third kappa shape index (κ3) is 5.13. The summed E-state index contributed by atoms with van der Waals surface area (Å²) in [5, 5.41) is 4.59. The summed E-state index contributed by atoms with van der Waals surface area (Å²) in [6.45, 7) is 0. The molecule has 0 unspecified atom stereocenters. The summed E-state index contributed by atoms with van der Waals surface area (Å²) >= 11 is 0. The van der Waals surface area contributed by atoms with Crippen molar-refractivity contribution in [1.82, 2.24) is 24.1 Å². The quantitative estimate of drug-likeness (QED) is 0.172. The molecule has 0 amide bonds. The van der Waals surface area contributed by atoms with Crippen molar-refractivity contribution in [2.24, 2.45) is 0 Å². The van der Waals surface area contributed by atoms with Gasteiger partial charge < -0.3 is 4.57 Å². The number of rotatable bonds is 6. The van der Waals surface area contributed by atoms with Crippen LogP contribution in [0.2, 0.25) is 0 Å². The van der Waals surface area contributed by atoms with Crippen molar-refractivity contribution in [3.63, 3.8) is 0 Å². The maximum atomic E-state index is 5.29. The van der Waals surface area contributed by atoms with E-state index in [0.29, 0.717) is 17.6 Å². The van der Waals surface area contributed by atoms with Crippen LogP contribution in [0, 0.1) is 0 Å². The Morgan fingerprint density at radius 1 is 0.321 bits per heavy atom. The van der Waals surface area contributed by atoms with Gasteiger partial charge in [-0.3, -0.25) is 4.57 Å². The normalized spacial score (nSPS) is 11.6. The standard InChI is InChI=1S/C51H33N5/c1-5-18-34(19-6-1)37-24-17-25-38(32-37)42-33-43-40-28-13-15-30-44(40)56(47(43)48-46(42)41-29-14-16-31-45(41)55(48)39-26-11-4-12-27-39)51-53-49(35-20-7-2-8-21-35)52-50(54-51)36-22-9-3-10-23-36/h1-33H. The van der Waals surface area contributed by atoms with Crippen LogP contribution in [-0.4, -0.2) is 24.1 Å². The van der Waals surface area contributed by atoms with Crippen molar-refractivity contribution in [3.8, 4) is 56.7 Å². The highest BCUT2D eigenvalue weighted by Gasteiger charge is 2.26. The van der Waals surface area contributed by atoms with E-state index in [2.05, 4.69) is 173 Å². The maximum Gasteiger partial charge on any atom is 0.238 e. The van der Waals surface area contributed by atoms with Gasteiger partial charge in [0.05, 0.1) is 22.1 Å². The smallest absolute Gasteiger partial charge is 0.238 e. The molecule has 3 aromatic heterocycles. The third-order valence-electron chi connectivity index (χ3n) is 10.8. The van der Waals surface area contributed by atoms with Crippen LogP contribution in [0.4, 0.5) is 0 Å². The predicted molar refractivity (Wildman–Crippen MR) is 230 cm³/mol. The van der Waals surface area contributed by atoms with Gasteiger partial charge in [0.2, 0.25) is 5.95 Å². The molecule has 262 valence electrons. The second-order valence-electron chi connectivity index (χ2n) is 14.0. The van der Waals surface area contributed by atoms with Crippen molar-refractivity contribution in [3.05, 3.63) is 200 Å². The molecule has 0 aliphatic carbocycles. The monoisotopic (exact) mass is 715 g/mol. The van der Waals surface area contributed by atoms with E-state index >= 15 is 0 Å². The first-order valence-corrected chi connectivity index (χ1v) is 18.9. The lowest BCUT2D eigenvalue weighted by Crippen LogP contribution is -2.07. The lowest BCUT2D eigenvalue weighted by atomic mass is 9.94. The predicted octanol–water partition coefficient (Wildman–Crippen LogP) is 12.7. The zero-order chi connectivity index (χ0) is 37.0.